The molecule has 2 aromatic carbocycles. The third kappa shape index (κ3) is 3.86. The fourth-order valence-corrected chi connectivity index (χ4v) is 4.59. The maximum absolute atomic E-state index is 12.4. The van der Waals surface area contributed by atoms with Crippen molar-refractivity contribution in [1.29, 1.82) is 0 Å². The summed E-state index contributed by atoms with van der Waals surface area (Å²) < 4.78 is 0. The normalized spacial score (nSPS) is 12.9. The Morgan fingerprint density at radius 3 is 2.27 bits per heavy atom. The number of rotatable bonds is 6. The molecular formula is C22H18ClN3O3S. The largest absolute Gasteiger partial charge is 0.351 e. The van der Waals surface area contributed by atoms with Gasteiger partial charge in [-0.1, -0.05) is 41.9 Å². The first kappa shape index (κ1) is 20.3. The molecule has 0 spiro atoms. The number of amides is 3. The number of carbonyl (C=O) groups is 3. The van der Waals surface area contributed by atoms with Gasteiger partial charge in [-0.25, -0.2) is 4.98 Å². The van der Waals surface area contributed by atoms with E-state index in [4.69, 9.17) is 11.6 Å². The van der Waals surface area contributed by atoms with Gasteiger partial charge in [0.25, 0.3) is 11.8 Å². The monoisotopic (exact) mass is 439 g/mol. The van der Waals surface area contributed by atoms with Gasteiger partial charge < -0.3 is 5.32 Å². The Hall–Kier alpha value is -3.03. The first-order valence-electron chi connectivity index (χ1n) is 9.39. The van der Waals surface area contributed by atoms with Crippen molar-refractivity contribution in [3.63, 3.8) is 0 Å². The Morgan fingerprint density at radius 2 is 1.63 bits per heavy atom. The van der Waals surface area contributed by atoms with Gasteiger partial charge in [0.15, 0.2) is 0 Å². The maximum atomic E-state index is 12.4. The Bertz CT molecular complexity index is 1120. The zero-order valence-electron chi connectivity index (χ0n) is 16.1. The molecule has 0 saturated heterocycles. The number of imide groups is 1. The van der Waals surface area contributed by atoms with Gasteiger partial charge in [0, 0.05) is 23.4 Å². The lowest BCUT2D eigenvalue weighted by Gasteiger charge is -2.13. The average Bonchev–Trinajstić information content (AvgIpc) is 3.23. The highest BCUT2D eigenvalue weighted by Crippen LogP contribution is 2.32. The number of aromatic nitrogens is 1. The van der Waals surface area contributed by atoms with E-state index >= 15 is 0 Å². The second-order valence-electron chi connectivity index (χ2n) is 6.84. The molecule has 0 unspecified atom stereocenters. The zero-order chi connectivity index (χ0) is 21.3. The van der Waals surface area contributed by atoms with Crippen molar-refractivity contribution >= 4 is 40.7 Å². The molecule has 0 aliphatic carbocycles. The SMILES string of the molecule is Cc1nc(-c2ccccc2Cl)sc1CNC(=O)CCN1C(=O)c2ccccc2C1=O. The summed E-state index contributed by atoms with van der Waals surface area (Å²) in [5, 5.41) is 4.27. The molecule has 0 atom stereocenters. The number of hydrogen-bond donors (Lipinski definition) is 1. The molecule has 1 aromatic heterocycles. The number of fused-ring (bicyclic) bond motifs is 1. The minimum atomic E-state index is -0.355. The minimum Gasteiger partial charge on any atom is -0.351 e. The number of aryl methyl sites for hydroxylation is 1. The molecule has 6 nitrogen and oxygen atoms in total. The number of thiazole rings is 1. The molecule has 0 saturated carbocycles. The van der Waals surface area contributed by atoms with Crippen LogP contribution in [-0.4, -0.2) is 34.2 Å². The van der Waals surface area contributed by atoms with Crippen molar-refractivity contribution in [2.75, 3.05) is 6.54 Å². The van der Waals surface area contributed by atoms with Crippen molar-refractivity contribution in [2.24, 2.45) is 0 Å². The molecule has 1 aliphatic rings. The summed E-state index contributed by atoms with van der Waals surface area (Å²) in [5.41, 5.74) is 2.46. The third-order valence-electron chi connectivity index (χ3n) is 4.88. The van der Waals surface area contributed by atoms with Crippen LogP contribution in [0.4, 0.5) is 0 Å². The predicted octanol–water partition coefficient (Wildman–Crippen LogP) is 4.07. The zero-order valence-corrected chi connectivity index (χ0v) is 17.7. The molecular weight excluding hydrogens is 422 g/mol. The highest BCUT2D eigenvalue weighted by molar-refractivity contribution is 7.15. The predicted molar refractivity (Wildman–Crippen MR) is 116 cm³/mol. The summed E-state index contributed by atoms with van der Waals surface area (Å²) in [4.78, 5) is 43.6. The van der Waals surface area contributed by atoms with Crippen LogP contribution in [-0.2, 0) is 11.3 Å². The number of hydrogen-bond acceptors (Lipinski definition) is 5. The quantitative estimate of drug-likeness (QED) is 0.587. The van der Waals surface area contributed by atoms with Crippen LogP contribution >= 0.6 is 22.9 Å². The van der Waals surface area contributed by atoms with E-state index in [-0.39, 0.29) is 30.7 Å². The fourth-order valence-electron chi connectivity index (χ4n) is 3.26. The van der Waals surface area contributed by atoms with E-state index in [0.717, 1.165) is 26.0 Å². The van der Waals surface area contributed by atoms with Gasteiger partial charge in [-0.05, 0) is 25.1 Å². The lowest BCUT2D eigenvalue weighted by Crippen LogP contribution is -2.34. The van der Waals surface area contributed by atoms with E-state index in [0.29, 0.717) is 22.7 Å². The van der Waals surface area contributed by atoms with Gasteiger partial charge in [0.2, 0.25) is 5.91 Å². The standard InChI is InChI=1S/C22H18ClN3O3S/c1-13-18(30-20(25-13)16-8-4-5-9-17(16)23)12-24-19(27)10-11-26-21(28)14-6-2-3-7-15(14)22(26)29/h2-9H,10-12H2,1H3,(H,24,27). The number of benzene rings is 2. The lowest BCUT2D eigenvalue weighted by atomic mass is 10.1. The second kappa shape index (κ2) is 8.38. The third-order valence-corrected chi connectivity index (χ3v) is 6.40. The minimum absolute atomic E-state index is 0.0424. The van der Waals surface area contributed by atoms with Crippen LogP contribution in [0.15, 0.2) is 48.5 Å². The molecule has 1 N–H and O–H groups in total. The summed E-state index contributed by atoms with van der Waals surface area (Å²) in [7, 11) is 0. The molecule has 0 bridgehead atoms. The van der Waals surface area contributed by atoms with Crippen LogP contribution < -0.4 is 5.32 Å². The Labute approximate surface area is 182 Å². The van der Waals surface area contributed by atoms with E-state index < -0.39 is 0 Å². The van der Waals surface area contributed by atoms with Crippen LogP contribution in [0.2, 0.25) is 5.02 Å². The molecule has 0 radical (unpaired) electrons. The van der Waals surface area contributed by atoms with Crippen LogP contribution in [0.1, 0.15) is 37.7 Å². The fraction of sp³-hybridized carbons (Fsp3) is 0.182. The summed E-state index contributed by atoms with van der Waals surface area (Å²) >= 11 is 7.72. The van der Waals surface area contributed by atoms with Gasteiger partial charge in [0.05, 0.1) is 28.4 Å². The molecule has 3 amide bonds. The summed E-state index contributed by atoms with van der Waals surface area (Å²) in [5.74, 6) is -0.948. The van der Waals surface area contributed by atoms with E-state index in [2.05, 4.69) is 10.3 Å². The average molecular weight is 440 g/mol. The highest BCUT2D eigenvalue weighted by Gasteiger charge is 2.34. The first-order valence-corrected chi connectivity index (χ1v) is 10.6. The number of nitrogens with zero attached hydrogens (tertiary/aromatic N) is 2. The van der Waals surface area contributed by atoms with Gasteiger partial charge >= 0.3 is 0 Å². The van der Waals surface area contributed by atoms with Crippen molar-refractivity contribution in [1.82, 2.24) is 15.2 Å². The van der Waals surface area contributed by atoms with Crippen LogP contribution in [0.5, 0.6) is 0 Å². The molecule has 152 valence electrons. The molecule has 2 heterocycles. The first-order chi connectivity index (χ1) is 14.5. The summed E-state index contributed by atoms with van der Waals surface area (Å²) in [6.07, 6.45) is 0.0424. The van der Waals surface area contributed by atoms with Crippen LogP contribution in [0, 0.1) is 6.92 Å². The van der Waals surface area contributed by atoms with Crippen molar-refractivity contribution in [2.45, 2.75) is 19.9 Å². The van der Waals surface area contributed by atoms with E-state index in [1.807, 2.05) is 31.2 Å². The molecule has 0 fully saturated rings. The number of nitrogens with one attached hydrogen (secondary N) is 1. The van der Waals surface area contributed by atoms with E-state index in [1.165, 1.54) is 11.3 Å². The number of halogens is 1. The topological polar surface area (TPSA) is 79.4 Å². The summed E-state index contributed by atoms with van der Waals surface area (Å²) in [6, 6.07) is 14.2. The molecule has 4 rings (SSSR count). The summed E-state index contributed by atoms with van der Waals surface area (Å²) in [6.45, 7) is 2.26. The van der Waals surface area contributed by atoms with Gasteiger partial charge in [-0.15, -0.1) is 11.3 Å². The maximum Gasteiger partial charge on any atom is 0.261 e. The van der Waals surface area contributed by atoms with Crippen LogP contribution in [0.25, 0.3) is 10.6 Å². The smallest absolute Gasteiger partial charge is 0.261 e. The molecule has 30 heavy (non-hydrogen) atoms. The Morgan fingerprint density at radius 1 is 1.03 bits per heavy atom. The van der Waals surface area contributed by atoms with E-state index in [1.54, 1.807) is 24.3 Å². The lowest BCUT2D eigenvalue weighted by molar-refractivity contribution is -0.121. The Balaban J connectivity index is 1.35. The van der Waals surface area contributed by atoms with Crippen molar-refractivity contribution in [3.05, 3.63) is 75.3 Å². The second-order valence-corrected chi connectivity index (χ2v) is 8.33. The van der Waals surface area contributed by atoms with Gasteiger partial charge in [0.1, 0.15) is 5.01 Å². The van der Waals surface area contributed by atoms with Crippen molar-refractivity contribution in [3.8, 4) is 10.6 Å². The molecule has 3 aromatic rings. The Kier molecular flexibility index (Phi) is 5.65. The number of carbonyl (C=O) groups excluding carboxylic acids is 3. The van der Waals surface area contributed by atoms with Gasteiger partial charge in [-0.3, -0.25) is 19.3 Å². The van der Waals surface area contributed by atoms with Crippen LogP contribution in [0.3, 0.4) is 0 Å². The highest BCUT2D eigenvalue weighted by atomic mass is 35.5. The molecule has 8 heteroatoms. The van der Waals surface area contributed by atoms with E-state index in [9.17, 15) is 14.4 Å². The molecule has 1 aliphatic heterocycles. The van der Waals surface area contributed by atoms with Gasteiger partial charge in [-0.2, -0.15) is 0 Å². The van der Waals surface area contributed by atoms with Crippen molar-refractivity contribution < 1.29 is 14.4 Å².